The highest BCUT2D eigenvalue weighted by molar-refractivity contribution is 5.87. The van der Waals surface area contributed by atoms with Crippen LogP contribution < -0.4 is 0 Å². The Hall–Kier alpha value is -1.95. The van der Waals surface area contributed by atoms with Gasteiger partial charge >= 0.3 is 5.97 Å². The molecule has 0 spiro atoms. The molecule has 2 atom stereocenters. The molecule has 33 heavy (non-hydrogen) atoms. The van der Waals surface area contributed by atoms with Gasteiger partial charge in [-0.3, -0.25) is 0 Å². The third-order valence-corrected chi connectivity index (χ3v) is 6.76. The molecule has 0 bridgehead atoms. The lowest BCUT2D eigenvalue weighted by atomic mass is 9.74. The second kappa shape index (κ2) is 14.3. The summed E-state index contributed by atoms with van der Waals surface area (Å²) in [5.74, 6) is 0.263. The summed E-state index contributed by atoms with van der Waals surface area (Å²) in [6.45, 7) is 11.2. The Kier molecular flexibility index (Phi) is 11.9. The van der Waals surface area contributed by atoms with Gasteiger partial charge in [-0.15, -0.1) is 0 Å². The number of aliphatic hydroxyl groups excluding tert-OH is 2. The Balaban J connectivity index is 1.92. The topological polar surface area (TPSA) is 76.0 Å². The van der Waals surface area contributed by atoms with E-state index in [4.69, 9.17) is 14.6 Å². The van der Waals surface area contributed by atoms with Gasteiger partial charge in [0, 0.05) is 5.92 Å². The highest BCUT2D eigenvalue weighted by Crippen LogP contribution is 2.39. The van der Waals surface area contributed by atoms with Crippen molar-refractivity contribution in [2.75, 3.05) is 19.8 Å². The van der Waals surface area contributed by atoms with Crippen LogP contribution in [0.2, 0.25) is 0 Å². The van der Waals surface area contributed by atoms with Crippen molar-refractivity contribution >= 4 is 5.97 Å². The van der Waals surface area contributed by atoms with Gasteiger partial charge in [-0.05, 0) is 74.0 Å². The van der Waals surface area contributed by atoms with E-state index in [1.54, 1.807) is 6.92 Å². The van der Waals surface area contributed by atoms with Gasteiger partial charge in [0.25, 0.3) is 0 Å². The van der Waals surface area contributed by atoms with Crippen LogP contribution in [0.1, 0.15) is 75.8 Å². The van der Waals surface area contributed by atoms with Gasteiger partial charge in [-0.1, -0.05) is 57.2 Å². The Morgan fingerprint density at radius 3 is 2.33 bits per heavy atom. The Morgan fingerprint density at radius 2 is 1.76 bits per heavy atom. The molecule has 2 N–H and O–H groups in total. The van der Waals surface area contributed by atoms with Crippen molar-refractivity contribution in [1.82, 2.24) is 0 Å². The monoisotopic (exact) mass is 458 g/mol. The Bertz CT molecular complexity index is 746. The smallest absolute Gasteiger partial charge is 0.335 e. The maximum absolute atomic E-state index is 12.0. The van der Waals surface area contributed by atoms with Crippen molar-refractivity contribution in [1.29, 1.82) is 0 Å². The van der Waals surface area contributed by atoms with Crippen LogP contribution in [-0.2, 0) is 20.7 Å². The average molecular weight is 459 g/mol. The normalized spacial score (nSPS) is 20.1. The summed E-state index contributed by atoms with van der Waals surface area (Å²) in [6, 6.07) is 9.14. The summed E-state index contributed by atoms with van der Waals surface area (Å²) >= 11 is 0. The molecule has 1 aromatic rings. The van der Waals surface area contributed by atoms with Gasteiger partial charge in [0.1, 0.15) is 0 Å². The van der Waals surface area contributed by atoms with E-state index >= 15 is 0 Å². The van der Waals surface area contributed by atoms with Gasteiger partial charge in [0.15, 0.2) is 6.29 Å². The molecule has 5 heteroatoms. The number of benzene rings is 1. The summed E-state index contributed by atoms with van der Waals surface area (Å²) in [5, 5.41) is 19.1. The summed E-state index contributed by atoms with van der Waals surface area (Å²) in [4.78, 5) is 12.0. The molecule has 0 saturated heterocycles. The molecule has 1 aliphatic rings. The second-order valence-corrected chi connectivity index (χ2v) is 9.46. The first-order valence-corrected chi connectivity index (χ1v) is 12.3. The van der Waals surface area contributed by atoms with Crippen LogP contribution in [0.4, 0.5) is 0 Å². The molecule has 184 valence electrons. The molecule has 0 amide bonds. The number of carbonyl (C=O) groups excluding carboxylic acids is 1. The maximum Gasteiger partial charge on any atom is 0.335 e. The number of aliphatic hydroxyl groups is 2. The van der Waals surface area contributed by atoms with E-state index in [-0.39, 0.29) is 24.7 Å². The number of rotatable bonds is 14. The van der Waals surface area contributed by atoms with Crippen LogP contribution in [0.25, 0.3) is 0 Å². The van der Waals surface area contributed by atoms with E-state index < -0.39 is 18.9 Å². The summed E-state index contributed by atoms with van der Waals surface area (Å²) in [7, 11) is 0. The summed E-state index contributed by atoms with van der Waals surface area (Å²) < 4.78 is 11.0. The highest BCUT2D eigenvalue weighted by atomic mass is 16.6. The molecular formula is C28H42O5. The molecule has 1 aliphatic carbocycles. The predicted octanol–water partition coefficient (Wildman–Crippen LogP) is 5.31. The minimum Gasteiger partial charge on any atom is -0.462 e. The number of carbonyl (C=O) groups is 1. The lowest BCUT2D eigenvalue weighted by Crippen LogP contribution is -2.31. The zero-order valence-corrected chi connectivity index (χ0v) is 20.4. The summed E-state index contributed by atoms with van der Waals surface area (Å²) in [5.41, 5.74) is 3.41. The fraction of sp³-hybridized carbons (Fsp3) is 0.607. The zero-order chi connectivity index (χ0) is 24.2. The van der Waals surface area contributed by atoms with E-state index in [1.807, 2.05) is 0 Å². The van der Waals surface area contributed by atoms with Gasteiger partial charge in [-0.2, -0.15) is 0 Å². The van der Waals surface area contributed by atoms with Crippen molar-refractivity contribution in [2.24, 2.45) is 11.8 Å². The first-order chi connectivity index (χ1) is 15.8. The van der Waals surface area contributed by atoms with Crippen LogP contribution in [0.3, 0.4) is 0 Å². The first kappa shape index (κ1) is 27.3. The third-order valence-electron chi connectivity index (χ3n) is 6.76. The quantitative estimate of drug-likeness (QED) is 0.130. The van der Waals surface area contributed by atoms with E-state index in [0.29, 0.717) is 17.4 Å². The molecule has 1 aromatic carbocycles. The minimum atomic E-state index is -1.03. The second-order valence-electron chi connectivity index (χ2n) is 9.46. The third kappa shape index (κ3) is 9.07. The fourth-order valence-corrected chi connectivity index (χ4v) is 4.49. The van der Waals surface area contributed by atoms with Gasteiger partial charge in [0.2, 0.25) is 0 Å². The van der Waals surface area contributed by atoms with E-state index in [2.05, 4.69) is 44.3 Å². The van der Waals surface area contributed by atoms with Crippen molar-refractivity contribution < 1.29 is 24.5 Å². The predicted molar refractivity (Wildman–Crippen MR) is 132 cm³/mol. The molecule has 1 fully saturated rings. The fourth-order valence-electron chi connectivity index (χ4n) is 4.49. The van der Waals surface area contributed by atoms with Gasteiger partial charge in [0.05, 0.1) is 25.4 Å². The van der Waals surface area contributed by atoms with E-state index in [0.717, 1.165) is 32.1 Å². The summed E-state index contributed by atoms with van der Waals surface area (Å²) in [6.07, 6.45) is 8.09. The van der Waals surface area contributed by atoms with Crippen LogP contribution in [-0.4, -0.2) is 42.3 Å². The van der Waals surface area contributed by atoms with Crippen molar-refractivity contribution in [3.8, 4) is 0 Å². The molecule has 2 unspecified atom stereocenters. The van der Waals surface area contributed by atoms with Crippen LogP contribution in [0.5, 0.6) is 0 Å². The number of hydrogen-bond acceptors (Lipinski definition) is 5. The molecule has 0 heterocycles. The molecule has 5 nitrogen and oxygen atoms in total. The number of hydrogen-bond donors (Lipinski definition) is 2. The number of aryl methyl sites for hydroxylation is 1. The zero-order valence-electron chi connectivity index (χ0n) is 20.4. The molecule has 0 radical (unpaired) electrons. The number of ether oxygens (including phenoxy) is 2. The largest absolute Gasteiger partial charge is 0.462 e. The molecule has 1 saturated carbocycles. The van der Waals surface area contributed by atoms with E-state index in [9.17, 15) is 9.90 Å². The molecule has 0 aromatic heterocycles. The van der Waals surface area contributed by atoms with Crippen LogP contribution in [0.15, 0.2) is 48.6 Å². The standard InChI is InChI=1S/C28H42O5/c1-5-6-7-8-22-9-11-23(12-10-22)24-13-15-25(16-14-24)26(18-32-27(30)20(2)3)19-33-28(31)21(4)17-29/h9-12,24-27,29-30H,2,4-8,13-19H2,1,3H3. The Morgan fingerprint density at radius 1 is 1.09 bits per heavy atom. The lowest BCUT2D eigenvalue weighted by Gasteiger charge is -2.34. The van der Waals surface area contributed by atoms with Gasteiger partial charge < -0.3 is 19.7 Å². The van der Waals surface area contributed by atoms with Crippen molar-refractivity contribution in [3.05, 3.63) is 59.7 Å². The average Bonchev–Trinajstić information content (AvgIpc) is 2.84. The minimum absolute atomic E-state index is 0.0312. The number of esters is 1. The SMILES string of the molecule is C=C(CO)C(=O)OCC(COC(O)C(=C)C)C1CCC(c2ccc(CCCCC)cc2)CC1. The molecule has 2 rings (SSSR count). The first-order valence-electron chi connectivity index (χ1n) is 12.3. The molecular weight excluding hydrogens is 416 g/mol. The maximum atomic E-state index is 12.0. The van der Waals surface area contributed by atoms with Crippen molar-refractivity contribution in [3.63, 3.8) is 0 Å². The lowest BCUT2D eigenvalue weighted by molar-refractivity contribution is -0.144. The molecule has 0 aliphatic heterocycles. The van der Waals surface area contributed by atoms with Crippen LogP contribution in [0, 0.1) is 11.8 Å². The van der Waals surface area contributed by atoms with Crippen molar-refractivity contribution in [2.45, 2.75) is 77.4 Å². The van der Waals surface area contributed by atoms with Crippen LogP contribution >= 0.6 is 0 Å². The van der Waals surface area contributed by atoms with E-state index in [1.165, 1.54) is 30.4 Å². The Labute approximate surface area is 199 Å². The number of unbranched alkanes of at least 4 members (excludes halogenated alkanes) is 2. The highest BCUT2D eigenvalue weighted by Gasteiger charge is 2.30. The van der Waals surface area contributed by atoms with Gasteiger partial charge in [-0.25, -0.2) is 4.79 Å².